The number of nitrogens with zero attached hydrogens (tertiary/aromatic N) is 4. The van der Waals surface area contributed by atoms with Crippen LogP contribution in [-0.4, -0.2) is 72.2 Å². The van der Waals surface area contributed by atoms with Crippen LogP contribution >= 0.6 is 0 Å². The van der Waals surface area contributed by atoms with Crippen molar-refractivity contribution in [3.8, 4) is 0 Å². The van der Waals surface area contributed by atoms with E-state index in [4.69, 9.17) is 0 Å². The normalized spacial score (nSPS) is 16.3. The van der Waals surface area contributed by atoms with Crippen molar-refractivity contribution < 1.29 is 19.3 Å². The number of rotatable bonds is 6. The number of benzene rings is 2. The van der Waals surface area contributed by atoms with Crippen molar-refractivity contribution in [3.05, 3.63) is 69.3 Å². The fourth-order valence-electron chi connectivity index (χ4n) is 4.02. The molecule has 2 aliphatic heterocycles. The molecule has 2 aliphatic rings. The van der Waals surface area contributed by atoms with E-state index in [0.717, 1.165) is 42.3 Å². The van der Waals surface area contributed by atoms with Gasteiger partial charge in [0.1, 0.15) is 12.1 Å². The van der Waals surface area contributed by atoms with E-state index in [0.29, 0.717) is 0 Å². The maximum absolute atomic E-state index is 12.6. The SMILES string of the molecule is CN1CCN(c2ccccc2CNC(=O)CN2C(=O)c3cccc([N+](=O)[O-])c3C2=O)CC1. The Bertz CT molecular complexity index is 1090. The van der Waals surface area contributed by atoms with Crippen LogP contribution < -0.4 is 10.2 Å². The van der Waals surface area contributed by atoms with Crippen molar-refractivity contribution in [2.45, 2.75) is 6.54 Å². The monoisotopic (exact) mass is 437 g/mol. The van der Waals surface area contributed by atoms with Crippen LogP contribution in [0.2, 0.25) is 0 Å². The molecule has 0 spiro atoms. The quantitative estimate of drug-likeness (QED) is 0.411. The number of nitro groups is 1. The van der Waals surface area contributed by atoms with Gasteiger partial charge in [-0.25, -0.2) is 0 Å². The van der Waals surface area contributed by atoms with E-state index in [2.05, 4.69) is 22.2 Å². The lowest BCUT2D eigenvalue weighted by Crippen LogP contribution is -2.45. The highest BCUT2D eigenvalue weighted by Crippen LogP contribution is 2.30. The minimum Gasteiger partial charge on any atom is -0.369 e. The first-order chi connectivity index (χ1) is 15.4. The predicted octanol–water partition coefficient (Wildman–Crippen LogP) is 1.26. The molecule has 3 amide bonds. The van der Waals surface area contributed by atoms with Gasteiger partial charge in [-0.05, 0) is 24.7 Å². The Morgan fingerprint density at radius 1 is 1.03 bits per heavy atom. The topological polar surface area (TPSA) is 116 Å². The number of amides is 3. The summed E-state index contributed by atoms with van der Waals surface area (Å²) in [5.41, 5.74) is 1.21. The third kappa shape index (κ3) is 4.04. The third-order valence-corrected chi connectivity index (χ3v) is 5.79. The summed E-state index contributed by atoms with van der Waals surface area (Å²) in [7, 11) is 2.08. The van der Waals surface area contributed by atoms with Crippen molar-refractivity contribution in [2.75, 3.05) is 44.7 Å². The predicted molar refractivity (Wildman–Crippen MR) is 116 cm³/mol. The number of carbonyl (C=O) groups is 3. The molecule has 0 atom stereocenters. The van der Waals surface area contributed by atoms with Gasteiger partial charge in [0.2, 0.25) is 5.91 Å². The fourth-order valence-corrected chi connectivity index (χ4v) is 4.02. The summed E-state index contributed by atoms with van der Waals surface area (Å²) >= 11 is 0. The van der Waals surface area contributed by atoms with Crippen molar-refractivity contribution >= 4 is 29.1 Å². The Hall–Kier alpha value is -3.79. The number of fused-ring (bicyclic) bond motifs is 1. The second-order valence-corrected chi connectivity index (χ2v) is 7.85. The maximum atomic E-state index is 12.6. The van der Waals surface area contributed by atoms with Gasteiger partial charge < -0.3 is 15.1 Å². The van der Waals surface area contributed by atoms with Gasteiger partial charge in [0.15, 0.2) is 0 Å². The van der Waals surface area contributed by atoms with Gasteiger partial charge in [-0.2, -0.15) is 0 Å². The van der Waals surface area contributed by atoms with Crippen LogP contribution in [0.15, 0.2) is 42.5 Å². The lowest BCUT2D eigenvalue weighted by atomic mass is 10.1. The highest BCUT2D eigenvalue weighted by atomic mass is 16.6. The summed E-state index contributed by atoms with van der Waals surface area (Å²) < 4.78 is 0. The number of likely N-dealkylation sites (N-methyl/N-ethyl adjacent to an activating group) is 1. The lowest BCUT2D eigenvalue weighted by Gasteiger charge is -2.35. The average Bonchev–Trinajstić information content (AvgIpc) is 3.03. The fraction of sp³-hybridized carbons (Fsp3) is 0.318. The van der Waals surface area contributed by atoms with Gasteiger partial charge in [0.05, 0.1) is 10.5 Å². The van der Waals surface area contributed by atoms with E-state index >= 15 is 0 Å². The van der Waals surface area contributed by atoms with Gasteiger partial charge in [-0.15, -0.1) is 0 Å². The largest absolute Gasteiger partial charge is 0.369 e. The number of piperazine rings is 1. The van der Waals surface area contributed by atoms with Crippen LogP contribution in [0.3, 0.4) is 0 Å². The Kier molecular flexibility index (Phi) is 5.87. The summed E-state index contributed by atoms with van der Waals surface area (Å²) in [5.74, 6) is -2.05. The van der Waals surface area contributed by atoms with Crippen molar-refractivity contribution in [1.82, 2.24) is 15.1 Å². The number of nitro benzene ring substituents is 1. The molecule has 1 saturated heterocycles. The molecule has 4 rings (SSSR count). The zero-order chi connectivity index (χ0) is 22.8. The molecule has 2 aromatic rings. The summed E-state index contributed by atoms with van der Waals surface area (Å²) in [6.45, 7) is 3.41. The van der Waals surface area contributed by atoms with Gasteiger partial charge in [-0.3, -0.25) is 29.4 Å². The molecule has 1 N–H and O–H groups in total. The van der Waals surface area contributed by atoms with E-state index in [1.54, 1.807) is 0 Å². The maximum Gasteiger partial charge on any atom is 0.282 e. The van der Waals surface area contributed by atoms with Crippen LogP contribution in [0.25, 0.3) is 0 Å². The van der Waals surface area contributed by atoms with Crippen LogP contribution in [-0.2, 0) is 11.3 Å². The van der Waals surface area contributed by atoms with Gasteiger partial charge >= 0.3 is 0 Å². The second-order valence-electron chi connectivity index (χ2n) is 7.85. The molecule has 10 nitrogen and oxygen atoms in total. The molecule has 0 unspecified atom stereocenters. The van der Waals surface area contributed by atoms with Crippen LogP contribution in [0.4, 0.5) is 11.4 Å². The molecule has 166 valence electrons. The first-order valence-corrected chi connectivity index (χ1v) is 10.3. The Labute approximate surface area is 184 Å². The number of hydrogen-bond donors (Lipinski definition) is 1. The van der Waals surface area contributed by atoms with Crippen LogP contribution in [0.1, 0.15) is 26.3 Å². The molecule has 2 aromatic carbocycles. The highest BCUT2D eigenvalue weighted by Gasteiger charge is 2.41. The second kappa shape index (κ2) is 8.75. The molecule has 0 aromatic heterocycles. The van der Waals surface area contributed by atoms with Gasteiger partial charge in [0.25, 0.3) is 17.5 Å². The van der Waals surface area contributed by atoms with Crippen molar-refractivity contribution in [3.63, 3.8) is 0 Å². The van der Waals surface area contributed by atoms with Crippen LogP contribution in [0, 0.1) is 10.1 Å². The summed E-state index contributed by atoms with van der Waals surface area (Å²) in [5, 5.41) is 14.0. The standard InChI is InChI=1S/C22H23N5O5/c1-24-9-11-25(12-10-24)17-7-3-2-5-15(17)13-23-19(28)14-26-21(29)16-6-4-8-18(27(31)32)20(16)22(26)30/h2-8H,9-14H2,1H3,(H,23,28). The van der Waals surface area contributed by atoms with Crippen molar-refractivity contribution in [1.29, 1.82) is 0 Å². The number of para-hydroxylation sites is 1. The molecule has 0 radical (unpaired) electrons. The van der Waals surface area contributed by atoms with Crippen molar-refractivity contribution in [2.24, 2.45) is 0 Å². The van der Waals surface area contributed by atoms with Gasteiger partial charge in [-0.1, -0.05) is 24.3 Å². The van der Waals surface area contributed by atoms with E-state index in [1.165, 1.54) is 18.2 Å². The summed E-state index contributed by atoms with van der Waals surface area (Å²) in [6.07, 6.45) is 0. The van der Waals surface area contributed by atoms with E-state index in [9.17, 15) is 24.5 Å². The summed E-state index contributed by atoms with van der Waals surface area (Å²) in [4.78, 5) is 53.6. The number of imide groups is 1. The first kappa shape index (κ1) is 21.4. The van der Waals surface area contributed by atoms with E-state index in [-0.39, 0.29) is 17.7 Å². The molecule has 0 saturated carbocycles. The zero-order valence-electron chi connectivity index (χ0n) is 17.6. The molecule has 2 heterocycles. The molecule has 0 aliphatic carbocycles. The average molecular weight is 437 g/mol. The Balaban J connectivity index is 1.42. The number of nitrogens with one attached hydrogen (secondary N) is 1. The first-order valence-electron chi connectivity index (χ1n) is 10.3. The Morgan fingerprint density at radius 3 is 2.47 bits per heavy atom. The molecule has 1 fully saturated rings. The molecule has 10 heteroatoms. The molecule has 32 heavy (non-hydrogen) atoms. The smallest absolute Gasteiger partial charge is 0.282 e. The minimum absolute atomic E-state index is 0.0580. The molecule has 0 bridgehead atoms. The van der Waals surface area contributed by atoms with E-state index < -0.39 is 34.9 Å². The van der Waals surface area contributed by atoms with Crippen LogP contribution in [0.5, 0.6) is 0 Å². The lowest BCUT2D eigenvalue weighted by molar-refractivity contribution is -0.385. The number of carbonyl (C=O) groups excluding carboxylic acids is 3. The number of anilines is 1. The Morgan fingerprint density at radius 2 is 1.75 bits per heavy atom. The highest BCUT2D eigenvalue weighted by molar-refractivity contribution is 6.24. The van der Waals surface area contributed by atoms with Gasteiger partial charge in [0, 0.05) is 44.5 Å². The molecular weight excluding hydrogens is 414 g/mol. The molecular formula is C22H23N5O5. The zero-order valence-corrected chi connectivity index (χ0v) is 17.6. The minimum atomic E-state index is -0.828. The summed E-state index contributed by atoms with van der Waals surface area (Å²) in [6, 6.07) is 11.7. The van der Waals surface area contributed by atoms with E-state index in [1.807, 2.05) is 24.3 Å². The third-order valence-electron chi connectivity index (χ3n) is 5.79. The number of hydrogen-bond acceptors (Lipinski definition) is 7.